The van der Waals surface area contributed by atoms with Crippen LogP contribution in [0, 0.1) is 0 Å². The Hall–Kier alpha value is -4.78. The van der Waals surface area contributed by atoms with Gasteiger partial charge in [0.15, 0.2) is 4.30 Å². The number of aryl methyl sites for hydroxylation is 2. The molecular formula is C79H107Cl4N3O4S2. The Morgan fingerprint density at radius 1 is 0.435 bits per heavy atom. The first-order valence-corrected chi connectivity index (χ1v) is 38.8. The fraction of sp³-hybridized carbons (Fsp3) is 0.443. The van der Waals surface area contributed by atoms with Crippen molar-refractivity contribution in [1.82, 2.24) is 9.62 Å². The molecule has 4 atom stereocenters. The van der Waals surface area contributed by atoms with Gasteiger partial charge in [0.25, 0.3) is 9.05 Å². The average Bonchev–Trinajstić information content (AvgIpc) is 0.906. The number of sulfonamides is 1. The first-order chi connectivity index (χ1) is 44.3. The lowest BCUT2D eigenvalue weighted by Crippen LogP contribution is -2.33. The first kappa shape index (κ1) is 79.7. The third-order valence-corrected chi connectivity index (χ3v) is 20.0. The summed E-state index contributed by atoms with van der Waals surface area (Å²) in [5.41, 5.74) is 20.0. The van der Waals surface area contributed by atoms with Crippen molar-refractivity contribution in [1.29, 1.82) is 0 Å². The maximum atomic E-state index is 13.7. The van der Waals surface area contributed by atoms with Gasteiger partial charge in [-0.15, -0.1) is 0 Å². The Morgan fingerprint density at radius 3 is 1.15 bits per heavy atom. The lowest BCUT2D eigenvalue weighted by molar-refractivity contribution is 0.321. The summed E-state index contributed by atoms with van der Waals surface area (Å²) in [6, 6.07) is 55.6. The van der Waals surface area contributed by atoms with Crippen LogP contribution in [0.1, 0.15) is 221 Å². The van der Waals surface area contributed by atoms with Gasteiger partial charge in [-0.1, -0.05) is 313 Å². The van der Waals surface area contributed by atoms with Crippen LogP contribution >= 0.6 is 45.5 Å². The number of nitrogens with one attached hydrogen (secondary N) is 1. The van der Waals surface area contributed by atoms with E-state index < -0.39 is 23.4 Å². The smallest absolute Gasteiger partial charge is 0.261 e. The highest BCUT2D eigenvalue weighted by Gasteiger charge is 2.30. The number of allylic oxidation sites excluding steroid dienone is 8. The van der Waals surface area contributed by atoms with Gasteiger partial charge in [0.1, 0.15) is 0 Å². The van der Waals surface area contributed by atoms with Gasteiger partial charge in [-0.3, -0.25) is 0 Å². The SMILES string of the molecule is CC1=CCC(CCCCCC[C@H](c2ccccc2)[C@H](N)c2ccccc2)=CC1.CCCc1ccc(S(=O)(=O)Cl)cc1.CCCc1ccc(S(=O)(=O)N[C@H](c2ccccc2)[C@H](CCCCCCC2=CCC(C)=CC2)c2ccccc2)cc1.CCN(CC)CC.ClC(Cl)Cl. The van der Waals surface area contributed by atoms with E-state index in [4.69, 9.17) is 51.2 Å². The Bertz CT molecular complexity index is 3280. The summed E-state index contributed by atoms with van der Waals surface area (Å²) in [5, 5.41) is 0. The predicted octanol–water partition coefficient (Wildman–Crippen LogP) is 22.8. The topological polar surface area (TPSA) is 110 Å². The highest BCUT2D eigenvalue weighted by Crippen LogP contribution is 2.38. The minimum atomic E-state index is -3.71. The predicted molar refractivity (Wildman–Crippen MR) is 398 cm³/mol. The molecule has 6 aromatic rings. The van der Waals surface area contributed by atoms with Crippen LogP contribution in [0.2, 0.25) is 0 Å². The number of halogens is 4. The van der Waals surface area contributed by atoms with Crippen molar-refractivity contribution < 1.29 is 16.8 Å². The number of nitrogens with two attached hydrogens (primary N) is 1. The van der Waals surface area contributed by atoms with E-state index in [9.17, 15) is 16.8 Å². The van der Waals surface area contributed by atoms with E-state index in [2.05, 4.69) is 167 Å². The number of nitrogens with zero attached hydrogens (tertiary/aromatic N) is 1. The van der Waals surface area contributed by atoms with Gasteiger partial charge in [0, 0.05) is 28.6 Å². The number of hydrogen-bond acceptors (Lipinski definition) is 6. The molecule has 0 aliphatic heterocycles. The highest BCUT2D eigenvalue weighted by atomic mass is 35.7. The lowest BCUT2D eigenvalue weighted by Gasteiger charge is -2.29. The van der Waals surface area contributed by atoms with E-state index in [0.29, 0.717) is 10.8 Å². The van der Waals surface area contributed by atoms with Crippen molar-refractivity contribution >= 4 is 64.6 Å². The van der Waals surface area contributed by atoms with Crippen molar-refractivity contribution in [2.24, 2.45) is 5.73 Å². The Labute approximate surface area is 576 Å². The van der Waals surface area contributed by atoms with Gasteiger partial charge in [-0.2, -0.15) is 0 Å². The highest BCUT2D eigenvalue weighted by molar-refractivity contribution is 8.13. The number of unbranched alkanes of at least 4 members (excludes halogenated alkanes) is 6. The third kappa shape index (κ3) is 31.6. The molecule has 0 aromatic heterocycles. The molecule has 2 aliphatic rings. The van der Waals surface area contributed by atoms with Crippen molar-refractivity contribution in [3.8, 4) is 0 Å². The fourth-order valence-electron chi connectivity index (χ4n) is 11.7. The molecule has 92 heavy (non-hydrogen) atoms. The second-order valence-corrected chi connectivity index (χ2v) is 30.4. The molecule has 6 aromatic carbocycles. The summed E-state index contributed by atoms with van der Waals surface area (Å²) in [4.78, 5) is 2.86. The molecule has 7 nitrogen and oxygen atoms in total. The normalized spacial score (nSPS) is 14.4. The van der Waals surface area contributed by atoms with Crippen molar-refractivity contribution in [2.45, 2.75) is 215 Å². The van der Waals surface area contributed by atoms with E-state index >= 15 is 0 Å². The molecule has 8 rings (SSSR count). The summed E-state index contributed by atoms with van der Waals surface area (Å²) in [6.45, 7) is 18.8. The van der Waals surface area contributed by atoms with Crippen LogP contribution in [0.3, 0.4) is 0 Å². The quantitative estimate of drug-likeness (QED) is 0.0194. The molecule has 0 spiro atoms. The van der Waals surface area contributed by atoms with Gasteiger partial charge in [0.05, 0.1) is 15.8 Å². The van der Waals surface area contributed by atoms with Crippen molar-refractivity contribution in [3.05, 3.63) is 250 Å². The van der Waals surface area contributed by atoms with Gasteiger partial charge >= 0.3 is 0 Å². The Kier molecular flexibility index (Phi) is 39.5. The number of benzene rings is 6. The van der Waals surface area contributed by atoms with Crippen LogP contribution in [0.5, 0.6) is 0 Å². The lowest BCUT2D eigenvalue weighted by atomic mass is 9.83. The molecule has 0 amide bonds. The molecule has 0 saturated heterocycles. The van der Waals surface area contributed by atoms with Crippen LogP contribution < -0.4 is 10.5 Å². The largest absolute Gasteiger partial charge is 0.323 e. The molecular weight excluding hydrogens is 1260 g/mol. The Morgan fingerprint density at radius 2 is 0.793 bits per heavy atom. The summed E-state index contributed by atoms with van der Waals surface area (Å²) in [6.07, 6.45) is 32.5. The molecule has 0 saturated carbocycles. The van der Waals surface area contributed by atoms with Gasteiger partial charge in [-0.25, -0.2) is 21.6 Å². The summed E-state index contributed by atoms with van der Waals surface area (Å²) >= 11 is 14.4. The van der Waals surface area contributed by atoms with E-state index in [-0.39, 0.29) is 22.9 Å². The molecule has 3 N–H and O–H groups in total. The zero-order chi connectivity index (χ0) is 67.0. The number of rotatable bonds is 31. The van der Waals surface area contributed by atoms with Crippen molar-refractivity contribution in [2.75, 3.05) is 19.6 Å². The van der Waals surface area contributed by atoms with Crippen LogP contribution in [0.15, 0.2) is 226 Å². The Balaban J connectivity index is 0.000000297. The van der Waals surface area contributed by atoms with Crippen molar-refractivity contribution in [3.63, 3.8) is 0 Å². The van der Waals surface area contributed by atoms with E-state index in [1.54, 1.807) is 35.4 Å². The standard InChI is InChI=1S/C36H45NO2S.C27H35N.C9H11ClO2S.C6H15N.CHCl3/c1-3-14-30-25-27-34(28-26-30)40(38,39)37-36(33-18-11-7-12-19-33)35(32-16-9-6-10-17-32)20-13-5-4-8-15-31-23-21-29(2)22-24-31;1-22-18-20-23(21-19-22)12-6-2-3-11-17-26(24-13-7-4-8-14-24)27(28)25-15-9-5-10-16-25;1-2-3-8-4-6-9(7-5-8)13(10,11)12;1-4-7(5-2)6-3;2-1(3)4/h6-7,9-12,16-19,21,24-28,35-37H,3-5,8,13-15,20,22-23H2,1-2H3;4-5,7-10,13-16,18,21,26-27H,2-3,6,11-12,17,19-20,28H2,1H3;4-7H,2-3H2,1H3;4-6H2,1-3H3;1H/t35-,36-;26-,27-;;;/m11.../s1. The minimum Gasteiger partial charge on any atom is -0.323 e. The van der Waals surface area contributed by atoms with Gasteiger partial charge in [0.2, 0.25) is 10.0 Å². The average molecular weight is 1370 g/mol. The molecule has 0 fully saturated rings. The third-order valence-electron chi connectivity index (χ3n) is 17.2. The van der Waals surface area contributed by atoms with E-state index in [0.717, 1.165) is 87.3 Å². The fourth-order valence-corrected chi connectivity index (χ4v) is 13.7. The van der Waals surface area contributed by atoms with Crippen LogP contribution in [-0.2, 0) is 31.9 Å². The molecule has 13 heteroatoms. The van der Waals surface area contributed by atoms with Crippen LogP contribution in [-0.4, -0.2) is 45.7 Å². The van der Waals surface area contributed by atoms with Gasteiger partial charge < -0.3 is 10.6 Å². The van der Waals surface area contributed by atoms with E-state index in [1.165, 1.54) is 117 Å². The van der Waals surface area contributed by atoms with Crippen LogP contribution in [0.4, 0.5) is 0 Å². The summed E-state index contributed by atoms with van der Waals surface area (Å²) in [5.74, 6) is 0.421. The first-order valence-electron chi connectivity index (χ1n) is 33.7. The molecule has 0 heterocycles. The second-order valence-electron chi connectivity index (χ2n) is 24.1. The monoisotopic (exact) mass is 1370 g/mol. The van der Waals surface area contributed by atoms with E-state index in [1.807, 2.05) is 48.5 Å². The molecule has 2 aliphatic carbocycles. The molecule has 502 valence electrons. The summed E-state index contributed by atoms with van der Waals surface area (Å²) < 4.78 is 51.5. The second kappa shape index (κ2) is 45.6. The zero-order valence-corrected chi connectivity index (χ0v) is 60.8. The molecule has 0 unspecified atom stereocenters. The molecule has 0 bridgehead atoms. The summed E-state index contributed by atoms with van der Waals surface area (Å²) in [7, 11) is -2.11. The maximum absolute atomic E-state index is 13.7. The minimum absolute atomic E-state index is 0.0342. The number of hydrogen-bond donors (Lipinski definition) is 2. The maximum Gasteiger partial charge on any atom is 0.261 e. The van der Waals surface area contributed by atoms with Crippen LogP contribution in [0.25, 0.3) is 0 Å². The number of alkyl halides is 3. The molecule has 0 radical (unpaired) electrons. The zero-order valence-electron chi connectivity index (χ0n) is 56.1. The van der Waals surface area contributed by atoms with Gasteiger partial charge in [-0.05, 0) is 168 Å².